The van der Waals surface area contributed by atoms with Crippen LogP contribution in [0, 0.1) is 5.92 Å². The van der Waals surface area contributed by atoms with Gasteiger partial charge in [0.15, 0.2) is 0 Å². The highest BCUT2D eigenvalue weighted by molar-refractivity contribution is 7.76. The lowest BCUT2D eigenvalue weighted by atomic mass is 9.84. The Morgan fingerprint density at radius 1 is 0.926 bits per heavy atom. The molecule has 0 unspecified atom stereocenters. The zero-order valence-electron chi connectivity index (χ0n) is 16.6. The van der Waals surface area contributed by atoms with Gasteiger partial charge < -0.3 is 0 Å². The molecule has 0 spiro atoms. The van der Waals surface area contributed by atoms with Gasteiger partial charge in [0.1, 0.15) is 0 Å². The second-order valence-corrected chi connectivity index (χ2v) is 10.5. The second kappa shape index (κ2) is 10.2. The first-order valence-corrected chi connectivity index (χ1v) is 12.4. The van der Waals surface area contributed by atoms with Crippen molar-refractivity contribution in [2.75, 3.05) is 0 Å². The van der Waals surface area contributed by atoms with Crippen LogP contribution in [0.25, 0.3) is 0 Å². The molecule has 0 aliphatic heterocycles. The fourth-order valence-corrected chi connectivity index (χ4v) is 6.87. The van der Waals surface area contributed by atoms with Crippen molar-refractivity contribution >= 4 is 17.9 Å². The van der Waals surface area contributed by atoms with Gasteiger partial charge in [0, 0.05) is 16.7 Å². The van der Waals surface area contributed by atoms with E-state index in [0.717, 1.165) is 29.4 Å². The Morgan fingerprint density at radius 2 is 1.48 bits per heavy atom. The van der Waals surface area contributed by atoms with Crippen molar-refractivity contribution in [3.63, 3.8) is 0 Å². The SMILES string of the molecule is CCCC[C@@H](CC1CCCCC1)NP(=O)(c1ccccc1)c1ccccc1. The number of hydrogen-bond acceptors (Lipinski definition) is 1. The van der Waals surface area contributed by atoms with E-state index in [0.29, 0.717) is 6.04 Å². The van der Waals surface area contributed by atoms with E-state index in [1.54, 1.807) is 0 Å². The van der Waals surface area contributed by atoms with Gasteiger partial charge in [0.2, 0.25) is 7.29 Å². The van der Waals surface area contributed by atoms with Crippen LogP contribution in [0.1, 0.15) is 64.7 Å². The van der Waals surface area contributed by atoms with E-state index < -0.39 is 7.29 Å². The third kappa shape index (κ3) is 5.56. The van der Waals surface area contributed by atoms with E-state index in [2.05, 4.69) is 12.0 Å². The molecule has 0 saturated heterocycles. The highest BCUT2D eigenvalue weighted by Crippen LogP contribution is 2.41. The summed E-state index contributed by atoms with van der Waals surface area (Å²) in [6, 6.07) is 20.3. The average Bonchev–Trinajstić information content (AvgIpc) is 2.74. The van der Waals surface area contributed by atoms with E-state index in [1.807, 2.05) is 60.7 Å². The predicted octanol–water partition coefficient (Wildman–Crippen LogP) is 6.03. The van der Waals surface area contributed by atoms with E-state index in [9.17, 15) is 4.57 Å². The first kappa shape index (κ1) is 20.4. The van der Waals surface area contributed by atoms with Crippen molar-refractivity contribution in [3.05, 3.63) is 60.7 Å². The van der Waals surface area contributed by atoms with E-state index in [1.165, 1.54) is 44.9 Å². The van der Waals surface area contributed by atoms with Gasteiger partial charge in [-0.2, -0.15) is 0 Å². The fraction of sp³-hybridized carbons (Fsp3) is 0.500. The smallest absolute Gasteiger partial charge is 0.204 e. The Kier molecular flexibility index (Phi) is 7.73. The molecule has 1 aliphatic carbocycles. The van der Waals surface area contributed by atoms with Crippen LogP contribution in [-0.2, 0) is 4.57 Å². The standard InChI is InChI=1S/C24H34NOP/c1-2-3-15-22(20-21-13-7-4-8-14-21)25-27(26,23-16-9-5-10-17-23)24-18-11-6-12-19-24/h5-6,9-12,16-19,21-22H,2-4,7-8,13-15,20H2,1H3,(H,25,26)/t22-/m0/s1. The van der Waals surface area contributed by atoms with Crippen molar-refractivity contribution in [1.29, 1.82) is 0 Å². The van der Waals surface area contributed by atoms with Crippen LogP contribution in [0.15, 0.2) is 60.7 Å². The van der Waals surface area contributed by atoms with Crippen LogP contribution in [-0.4, -0.2) is 6.04 Å². The van der Waals surface area contributed by atoms with Gasteiger partial charge in [-0.05, 0) is 43.0 Å². The van der Waals surface area contributed by atoms with Gasteiger partial charge in [0.25, 0.3) is 0 Å². The molecule has 146 valence electrons. The molecule has 0 heterocycles. The van der Waals surface area contributed by atoms with E-state index >= 15 is 0 Å². The third-order valence-corrected chi connectivity index (χ3v) is 8.63. The number of benzene rings is 2. The highest BCUT2D eigenvalue weighted by Gasteiger charge is 2.31. The maximum atomic E-state index is 14.3. The van der Waals surface area contributed by atoms with Crippen LogP contribution in [0.3, 0.4) is 0 Å². The van der Waals surface area contributed by atoms with E-state index in [4.69, 9.17) is 0 Å². The summed E-state index contributed by atoms with van der Waals surface area (Å²) in [6.07, 6.45) is 11.4. The van der Waals surface area contributed by atoms with Crippen LogP contribution in [0.5, 0.6) is 0 Å². The molecule has 27 heavy (non-hydrogen) atoms. The van der Waals surface area contributed by atoms with Crippen molar-refractivity contribution in [3.8, 4) is 0 Å². The summed E-state index contributed by atoms with van der Waals surface area (Å²) in [5.74, 6) is 0.785. The fourth-order valence-electron chi connectivity index (χ4n) is 4.34. The topological polar surface area (TPSA) is 29.1 Å². The predicted molar refractivity (Wildman–Crippen MR) is 117 cm³/mol. The Labute approximate surface area is 165 Å². The maximum absolute atomic E-state index is 14.3. The van der Waals surface area contributed by atoms with Gasteiger partial charge in [0.05, 0.1) is 0 Å². The zero-order chi connectivity index (χ0) is 19.0. The summed E-state index contributed by atoms with van der Waals surface area (Å²) in [5.41, 5.74) is 0. The van der Waals surface area contributed by atoms with Crippen LogP contribution in [0.4, 0.5) is 0 Å². The Balaban J connectivity index is 1.86. The minimum absolute atomic E-state index is 0.319. The molecule has 3 rings (SSSR count). The third-order valence-electron chi connectivity index (χ3n) is 5.85. The minimum atomic E-state index is -2.84. The molecule has 2 aromatic carbocycles. The molecule has 0 bridgehead atoms. The first-order valence-electron chi connectivity index (χ1n) is 10.7. The lowest BCUT2D eigenvalue weighted by molar-refractivity contribution is 0.303. The lowest BCUT2D eigenvalue weighted by Crippen LogP contribution is -2.36. The van der Waals surface area contributed by atoms with Crippen molar-refractivity contribution in [2.24, 2.45) is 5.92 Å². The maximum Gasteiger partial charge on any atom is 0.204 e. The molecule has 0 aromatic heterocycles. The van der Waals surface area contributed by atoms with Gasteiger partial charge in [-0.1, -0.05) is 88.3 Å². The first-order chi connectivity index (χ1) is 13.2. The second-order valence-electron chi connectivity index (χ2n) is 7.99. The molecule has 3 heteroatoms. The average molecular weight is 384 g/mol. The van der Waals surface area contributed by atoms with E-state index in [-0.39, 0.29) is 0 Å². The van der Waals surface area contributed by atoms with Gasteiger partial charge in [-0.15, -0.1) is 0 Å². The van der Waals surface area contributed by atoms with Gasteiger partial charge >= 0.3 is 0 Å². The molecule has 0 radical (unpaired) electrons. The normalized spacial score (nSPS) is 16.9. The number of unbranched alkanes of at least 4 members (excludes halogenated alkanes) is 1. The van der Waals surface area contributed by atoms with Gasteiger partial charge in [-0.3, -0.25) is 9.65 Å². The Bertz CT molecular complexity index is 666. The molecule has 2 nitrogen and oxygen atoms in total. The van der Waals surface area contributed by atoms with Crippen LogP contribution >= 0.6 is 7.29 Å². The monoisotopic (exact) mass is 383 g/mol. The molecular weight excluding hydrogens is 349 g/mol. The summed E-state index contributed by atoms with van der Waals surface area (Å²) >= 11 is 0. The number of rotatable bonds is 9. The molecular formula is C24H34NOP. The lowest BCUT2D eigenvalue weighted by Gasteiger charge is -2.31. The summed E-state index contributed by atoms with van der Waals surface area (Å²) in [7, 11) is -2.84. The van der Waals surface area contributed by atoms with Crippen LogP contribution in [0.2, 0.25) is 0 Å². The number of nitrogens with one attached hydrogen (secondary N) is 1. The quantitative estimate of drug-likeness (QED) is 0.535. The zero-order valence-corrected chi connectivity index (χ0v) is 17.5. The molecule has 1 aliphatic rings. The van der Waals surface area contributed by atoms with Crippen LogP contribution < -0.4 is 15.7 Å². The molecule has 0 amide bonds. The molecule has 1 atom stereocenters. The van der Waals surface area contributed by atoms with Crippen molar-refractivity contribution in [1.82, 2.24) is 5.09 Å². The number of hydrogen-bond donors (Lipinski definition) is 1. The minimum Gasteiger partial charge on any atom is -0.297 e. The van der Waals surface area contributed by atoms with Gasteiger partial charge in [-0.25, -0.2) is 0 Å². The summed E-state index contributed by atoms with van der Waals surface area (Å²) < 4.78 is 14.3. The Morgan fingerprint density at radius 3 is 2.00 bits per heavy atom. The highest BCUT2D eigenvalue weighted by atomic mass is 31.2. The largest absolute Gasteiger partial charge is 0.297 e. The molecule has 1 saturated carbocycles. The molecule has 1 N–H and O–H groups in total. The van der Waals surface area contributed by atoms with Crippen molar-refractivity contribution < 1.29 is 4.57 Å². The van der Waals surface area contributed by atoms with Crippen molar-refractivity contribution in [2.45, 2.75) is 70.8 Å². The molecule has 2 aromatic rings. The summed E-state index contributed by atoms with van der Waals surface area (Å²) in [4.78, 5) is 0. The Hall–Kier alpha value is -1.37. The summed E-state index contributed by atoms with van der Waals surface area (Å²) in [6.45, 7) is 2.24. The summed E-state index contributed by atoms with van der Waals surface area (Å²) in [5, 5.41) is 5.54. The molecule has 1 fully saturated rings.